The van der Waals surface area contributed by atoms with Gasteiger partial charge in [0, 0.05) is 12.3 Å². The highest BCUT2D eigenvalue weighted by Crippen LogP contribution is 2.39. The molecule has 0 amide bonds. The van der Waals surface area contributed by atoms with Gasteiger partial charge in [-0.25, -0.2) is 4.39 Å². The lowest BCUT2D eigenvalue weighted by molar-refractivity contribution is -0.123. The Bertz CT molecular complexity index is 489. The molecule has 0 saturated carbocycles. The molecule has 2 aliphatic rings. The second-order valence-corrected chi connectivity index (χ2v) is 5.48. The lowest BCUT2D eigenvalue weighted by Crippen LogP contribution is -2.26. The van der Waals surface area contributed by atoms with Crippen LogP contribution in [-0.4, -0.2) is 18.0 Å². The number of benzene rings is 1. The molecule has 0 spiro atoms. The van der Waals surface area contributed by atoms with E-state index in [1.165, 1.54) is 6.07 Å². The van der Waals surface area contributed by atoms with E-state index in [0.717, 1.165) is 19.3 Å². The van der Waals surface area contributed by atoms with Crippen molar-refractivity contribution in [3.8, 4) is 0 Å². The van der Waals surface area contributed by atoms with Gasteiger partial charge in [0.1, 0.15) is 11.6 Å². The molecule has 0 N–H and O–H groups in total. The minimum absolute atomic E-state index is 0.0536. The second-order valence-electron chi connectivity index (χ2n) is 5.07. The van der Waals surface area contributed by atoms with Gasteiger partial charge in [0.05, 0.1) is 17.2 Å². The van der Waals surface area contributed by atoms with Crippen LogP contribution in [0.25, 0.3) is 0 Å². The summed E-state index contributed by atoms with van der Waals surface area (Å²) in [7, 11) is 0. The first kappa shape index (κ1) is 12.1. The Morgan fingerprint density at radius 3 is 2.94 bits per heavy atom. The average molecular weight is 269 g/mol. The van der Waals surface area contributed by atoms with Gasteiger partial charge in [-0.05, 0) is 30.9 Å². The van der Waals surface area contributed by atoms with Gasteiger partial charge in [-0.15, -0.1) is 0 Å². The van der Waals surface area contributed by atoms with Crippen LogP contribution in [0.5, 0.6) is 0 Å². The molecule has 3 unspecified atom stereocenters. The number of rotatable bonds is 3. The van der Waals surface area contributed by atoms with E-state index in [2.05, 4.69) is 0 Å². The van der Waals surface area contributed by atoms with E-state index in [9.17, 15) is 9.18 Å². The Balaban J connectivity index is 1.73. The zero-order chi connectivity index (χ0) is 12.7. The van der Waals surface area contributed by atoms with Crippen molar-refractivity contribution in [2.24, 2.45) is 5.92 Å². The van der Waals surface area contributed by atoms with Crippen LogP contribution >= 0.6 is 11.6 Å². The van der Waals surface area contributed by atoms with Gasteiger partial charge in [0.25, 0.3) is 0 Å². The minimum atomic E-state index is -0.475. The number of ketones is 1. The third-order valence-electron chi connectivity index (χ3n) is 3.92. The van der Waals surface area contributed by atoms with Crippen molar-refractivity contribution in [2.45, 2.75) is 37.9 Å². The molecule has 3 rings (SSSR count). The van der Waals surface area contributed by atoms with Gasteiger partial charge in [-0.2, -0.15) is 0 Å². The van der Waals surface area contributed by atoms with Crippen LogP contribution in [0, 0.1) is 11.7 Å². The quantitative estimate of drug-likeness (QED) is 0.842. The number of Topliss-reactive ketones (excluding diaryl/α,β-unsaturated/α-hetero) is 1. The van der Waals surface area contributed by atoms with Crippen molar-refractivity contribution in [1.82, 2.24) is 0 Å². The smallest absolute Gasteiger partial charge is 0.145 e. The first-order valence-corrected chi connectivity index (χ1v) is 6.64. The predicted molar refractivity (Wildman–Crippen MR) is 66.1 cm³/mol. The van der Waals surface area contributed by atoms with Crippen LogP contribution in [-0.2, 0) is 16.0 Å². The Hall–Kier alpha value is -0.930. The molecule has 0 aromatic heterocycles. The third kappa shape index (κ3) is 2.06. The molecule has 18 heavy (non-hydrogen) atoms. The van der Waals surface area contributed by atoms with Gasteiger partial charge in [-0.1, -0.05) is 23.7 Å². The Kier molecular flexibility index (Phi) is 3.12. The molecule has 0 radical (unpaired) electrons. The molecule has 2 bridgehead atoms. The SMILES string of the molecule is O=C(Cc1cccc(Cl)c1F)C1CC2CCC1O2. The average Bonchev–Trinajstić information content (AvgIpc) is 2.97. The summed E-state index contributed by atoms with van der Waals surface area (Å²) in [5.74, 6) is -0.456. The van der Waals surface area contributed by atoms with Crippen LogP contribution in [0.2, 0.25) is 5.02 Å². The molecule has 4 heteroatoms. The van der Waals surface area contributed by atoms with Gasteiger partial charge >= 0.3 is 0 Å². The largest absolute Gasteiger partial charge is 0.374 e. The van der Waals surface area contributed by atoms with Crippen molar-refractivity contribution in [3.05, 3.63) is 34.6 Å². The molecule has 2 aliphatic heterocycles. The van der Waals surface area contributed by atoms with Gasteiger partial charge < -0.3 is 4.74 Å². The van der Waals surface area contributed by atoms with Crippen LogP contribution in [0.4, 0.5) is 4.39 Å². The topological polar surface area (TPSA) is 26.3 Å². The zero-order valence-electron chi connectivity index (χ0n) is 9.86. The van der Waals surface area contributed by atoms with Crippen molar-refractivity contribution in [3.63, 3.8) is 0 Å². The fourth-order valence-corrected chi connectivity index (χ4v) is 3.17. The molecule has 1 aromatic carbocycles. The molecular formula is C14H14ClFO2. The number of hydrogen-bond acceptors (Lipinski definition) is 2. The van der Waals surface area contributed by atoms with Crippen molar-refractivity contribution in [1.29, 1.82) is 0 Å². The van der Waals surface area contributed by atoms with Gasteiger partial charge in [0.2, 0.25) is 0 Å². The number of fused-ring (bicyclic) bond motifs is 2. The molecule has 2 heterocycles. The highest BCUT2D eigenvalue weighted by molar-refractivity contribution is 6.30. The predicted octanol–water partition coefficient (Wildman–Crippen LogP) is 3.16. The summed E-state index contributed by atoms with van der Waals surface area (Å²) in [4.78, 5) is 12.2. The summed E-state index contributed by atoms with van der Waals surface area (Å²) in [6.45, 7) is 0. The molecule has 2 saturated heterocycles. The lowest BCUT2D eigenvalue weighted by atomic mass is 9.84. The molecule has 2 fully saturated rings. The number of halogens is 2. The molecule has 3 atom stereocenters. The summed E-state index contributed by atoms with van der Waals surface area (Å²) in [5, 5.41) is 0.0736. The monoisotopic (exact) mass is 268 g/mol. The Morgan fingerprint density at radius 2 is 2.28 bits per heavy atom. The maximum atomic E-state index is 13.7. The standard InChI is InChI=1S/C14H14ClFO2/c15-11-3-1-2-8(14(11)16)6-12(17)10-7-9-4-5-13(10)18-9/h1-3,9-10,13H,4-7H2. The summed E-state index contributed by atoms with van der Waals surface area (Å²) in [6, 6.07) is 4.78. The van der Waals surface area contributed by atoms with Crippen LogP contribution in [0.3, 0.4) is 0 Å². The van der Waals surface area contributed by atoms with Crippen molar-refractivity contribution >= 4 is 17.4 Å². The fourth-order valence-electron chi connectivity index (χ4n) is 2.98. The van der Waals surface area contributed by atoms with Crippen molar-refractivity contribution in [2.75, 3.05) is 0 Å². The van der Waals surface area contributed by atoms with Crippen LogP contribution < -0.4 is 0 Å². The van der Waals surface area contributed by atoms with E-state index in [1.54, 1.807) is 12.1 Å². The van der Waals surface area contributed by atoms with Crippen LogP contribution in [0.15, 0.2) is 18.2 Å². The molecule has 0 aliphatic carbocycles. The summed E-state index contributed by atoms with van der Waals surface area (Å²) < 4.78 is 19.4. The van der Waals surface area contributed by atoms with E-state index in [-0.39, 0.29) is 35.4 Å². The maximum Gasteiger partial charge on any atom is 0.145 e. The number of carbonyl (C=O) groups excluding carboxylic acids is 1. The lowest BCUT2D eigenvalue weighted by Gasteiger charge is -2.17. The normalized spacial score (nSPS) is 29.8. The Labute approximate surface area is 110 Å². The van der Waals surface area contributed by atoms with E-state index in [1.807, 2.05) is 0 Å². The Morgan fingerprint density at radius 1 is 1.44 bits per heavy atom. The van der Waals surface area contributed by atoms with E-state index in [4.69, 9.17) is 16.3 Å². The molecular weight excluding hydrogens is 255 g/mol. The van der Waals surface area contributed by atoms with E-state index < -0.39 is 5.82 Å². The second kappa shape index (κ2) is 4.63. The zero-order valence-corrected chi connectivity index (χ0v) is 10.6. The maximum absolute atomic E-state index is 13.7. The molecule has 96 valence electrons. The number of ether oxygens (including phenoxy) is 1. The van der Waals surface area contributed by atoms with Gasteiger partial charge in [-0.3, -0.25) is 4.79 Å². The first-order chi connectivity index (χ1) is 8.65. The van der Waals surface area contributed by atoms with Crippen LogP contribution in [0.1, 0.15) is 24.8 Å². The summed E-state index contributed by atoms with van der Waals surface area (Å²) in [6.07, 6.45) is 3.23. The summed E-state index contributed by atoms with van der Waals surface area (Å²) >= 11 is 5.71. The van der Waals surface area contributed by atoms with Gasteiger partial charge in [0.15, 0.2) is 0 Å². The third-order valence-corrected chi connectivity index (χ3v) is 4.21. The van der Waals surface area contributed by atoms with E-state index in [0.29, 0.717) is 5.56 Å². The molecule has 2 nitrogen and oxygen atoms in total. The number of carbonyl (C=O) groups is 1. The highest BCUT2D eigenvalue weighted by atomic mass is 35.5. The minimum Gasteiger partial charge on any atom is -0.374 e. The summed E-state index contributed by atoms with van der Waals surface area (Å²) in [5.41, 5.74) is 0.385. The number of hydrogen-bond donors (Lipinski definition) is 0. The van der Waals surface area contributed by atoms with E-state index >= 15 is 0 Å². The van der Waals surface area contributed by atoms with Crippen molar-refractivity contribution < 1.29 is 13.9 Å². The first-order valence-electron chi connectivity index (χ1n) is 6.26. The molecule has 1 aromatic rings. The highest BCUT2D eigenvalue weighted by Gasteiger charge is 2.44. The fraction of sp³-hybridized carbons (Fsp3) is 0.500.